The first-order valence-corrected chi connectivity index (χ1v) is 4.98. The van der Waals surface area contributed by atoms with Gasteiger partial charge < -0.3 is 9.53 Å². The van der Waals surface area contributed by atoms with Gasteiger partial charge in [0, 0.05) is 6.42 Å². The fourth-order valence-corrected chi connectivity index (χ4v) is 1.71. The Labute approximate surface area is 90.2 Å². The Morgan fingerprint density at radius 1 is 1.50 bits per heavy atom. The zero-order valence-electron chi connectivity index (χ0n) is 7.50. The predicted molar refractivity (Wildman–Crippen MR) is 55.1 cm³/mol. The molecule has 0 amide bonds. The van der Waals surface area contributed by atoms with Crippen LogP contribution in [-0.2, 0) is 11.2 Å². The second kappa shape index (κ2) is 5.75. The van der Waals surface area contributed by atoms with E-state index in [1.54, 1.807) is 12.1 Å². The van der Waals surface area contributed by atoms with Gasteiger partial charge in [0.25, 0.3) is 0 Å². The van der Waals surface area contributed by atoms with Gasteiger partial charge in [-0.3, -0.25) is 0 Å². The van der Waals surface area contributed by atoms with Crippen molar-refractivity contribution >= 4 is 22.2 Å². The largest absolute Gasteiger partial charge is 0.462 e. The monoisotopic (exact) mass is 260 g/mol. The molecule has 0 atom stereocenters. The van der Waals surface area contributed by atoms with Gasteiger partial charge in [-0.2, -0.15) is 0 Å². The number of alkyl halides is 1. The quantitative estimate of drug-likeness (QED) is 0.762. The van der Waals surface area contributed by atoms with E-state index in [2.05, 4.69) is 15.9 Å². The lowest BCUT2D eigenvalue weighted by Crippen LogP contribution is -1.94. The molecule has 0 aliphatic rings. The van der Waals surface area contributed by atoms with E-state index in [4.69, 9.17) is 4.74 Å². The van der Waals surface area contributed by atoms with Gasteiger partial charge in [0.1, 0.15) is 12.0 Å². The molecule has 0 aliphatic heterocycles. The van der Waals surface area contributed by atoms with Gasteiger partial charge in [0.05, 0.1) is 4.47 Å². The first kappa shape index (κ1) is 11.2. The van der Waals surface area contributed by atoms with E-state index < -0.39 is 6.86 Å². The van der Waals surface area contributed by atoms with Crippen molar-refractivity contribution in [2.24, 2.45) is 0 Å². The van der Waals surface area contributed by atoms with Crippen molar-refractivity contribution in [3.05, 3.63) is 28.2 Å². The van der Waals surface area contributed by atoms with Crippen LogP contribution in [0.1, 0.15) is 12.0 Å². The third-order valence-corrected chi connectivity index (χ3v) is 2.68. The zero-order valence-corrected chi connectivity index (χ0v) is 9.09. The molecule has 0 heterocycles. The molecule has 0 fully saturated rings. The van der Waals surface area contributed by atoms with E-state index in [1.165, 1.54) is 0 Å². The maximum absolute atomic E-state index is 11.9. The summed E-state index contributed by atoms with van der Waals surface area (Å²) < 4.78 is 17.4. The summed E-state index contributed by atoms with van der Waals surface area (Å²) in [5, 5.41) is 0. The summed E-state index contributed by atoms with van der Waals surface area (Å²) in [5.41, 5.74) is 0.947. The van der Waals surface area contributed by atoms with Crippen molar-refractivity contribution < 1.29 is 13.9 Å². The maximum atomic E-state index is 11.9. The molecule has 0 aromatic heterocycles. The van der Waals surface area contributed by atoms with Gasteiger partial charge in [0.15, 0.2) is 0 Å². The average molecular weight is 261 g/mol. The summed E-state index contributed by atoms with van der Waals surface area (Å²) in [6.07, 6.45) is 1.94. The molecule has 0 saturated carbocycles. The molecule has 76 valence electrons. The minimum Gasteiger partial charge on any atom is -0.462 e. The van der Waals surface area contributed by atoms with Crippen molar-refractivity contribution in [2.45, 2.75) is 12.8 Å². The van der Waals surface area contributed by atoms with Gasteiger partial charge in [-0.15, -0.1) is 0 Å². The molecule has 0 aliphatic carbocycles. The van der Waals surface area contributed by atoms with E-state index in [9.17, 15) is 9.18 Å². The Morgan fingerprint density at radius 3 is 2.93 bits per heavy atom. The summed E-state index contributed by atoms with van der Waals surface area (Å²) >= 11 is 3.30. The highest BCUT2D eigenvalue weighted by Gasteiger charge is 2.05. The summed E-state index contributed by atoms with van der Waals surface area (Å²) in [7, 11) is 0. The first-order valence-electron chi connectivity index (χ1n) is 4.19. The van der Waals surface area contributed by atoms with Crippen LogP contribution in [0, 0.1) is 0 Å². The summed E-state index contributed by atoms with van der Waals surface area (Å²) in [6.45, 7) is -0.851. The van der Waals surface area contributed by atoms with Crippen molar-refractivity contribution in [2.75, 3.05) is 6.86 Å². The average Bonchev–Trinajstić information content (AvgIpc) is 2.20. The van der Waals surface area contributed by atoms with Crippen LogP contribution in [0.4, 0.5) is 4.39 Å². The Balaban J connectivity index is 2.83. The highest BCUT2D eigenvalue weighted by atomic mass is 79.9. The van der Waals surface area contributed by atoms with E-state index in [-0.39, 0.29) is 0 Å². The predicted octanol–water partition coefficient (Wildman–Crippen LogP) is 2.89. The highest BCUT2D eigenvalue weighted by molar-refractivity contribution is 9.10. The number of benzene rings is 1. The normalized spacial score (nSPS) is 9.86. The topological polar surface area (TPSA) is 26.3 Å². The summed E-state index contributed by atoms with van der Waals surface area (Å²) in [6, 6.07) is 5.32. The van der Waals surface area contributed by atoms with E-state index in [0.717, 1.165) is 16.3 Å². The van der Waals surface area contributed by atoms with E-state index in [0.29, 0.717) is 18.6 Å². The number of carbonyl (C=O) groups is 1. The zero-order chi connectivity index (χ0) is 10.4. The Morgan fingerprint density at radius 2 is 2.29 bits per heavy atom. The van der Waals surface area contributed by atoms with Gasteiger partial charge in [-0.1, -0.05) is 12.1 Å². The first-order chi connectivity index (χ1) is 6.79. The molecule has 1 aromatic carbocycles. The van der Waals surface area contributed by atoms with Crippen molar-refractivity contribution in [3.63, 3.8) is 0 Å². The van der Waals surface area contributed by atoms with Crippen molar-refractivity contribution in [1.29, 1.82) is 0 Å². The van der Waals surface area contributed by atoms with Gasteiger partial charge in [0.2, 0.25) is 6.86 Å². The number of rotatable bonds is 5. The van der Waals surface area contributed by atoms with Crippen LogP contribution in [0.15, 0.2) is 22.7 Å². The lowest BCUT2D eigenvalue weighted by Gasteiger charge is -2.07. The molecule has 0 radical (unpaired) electrons. The van der Waals surface area contributed by atoms with Gasteiger partial charge >= 0.3 is 0 Å². The fraction of sp³-hybridized carbons (Fsp3) is 0.300. The molecule has 0 spiro atoms. The lowest BCUT2D eigenvalue weighted by atomic mass is 10.1. The second-order valence-corrected chi connectivity index (χ2v) is 3.48. The number of hydrogen-bond donors (Lipinski definition) is 0. The molecule has 2 nitrogen and oxygen atoms in total. The summed E-state index contributed by atoms with van der Waals surface area (Å²) in [5.74, 6) is 0.468. The highest BCUT2D eigenvalue weighted by Crippen LogP contribution is 2.29. The van der Waals surface area contributed by atoms with Crippen molar-refractivity contribution in [3.8, 4) is 5.75 Å². The lowest BCUT2D eigenvalue weighted by molar-refractivity contribution is -0.107. The number of ether oxygens (including phenoxy) is 1. The third kappa shape index (κ3) is 2.80. The Hall–Kier alpha value is -0.900. The van der Waals surface area contributed by atoms with Crippen LogP contribution in [0.5, 0.6) is 5.75 Å². The standard InChI is InChI=1S/C10H10BrFO2/c11-10-8(4-2-6-13)3-1-5-9(10)14-7-12/h1,3,5-6H,2,4,7H2. The number of aldehydes is 1. The van der Waals surface area contributed by atoms with Crippen molar-refractivity contribution in [1.82, 2.24) is 0 Å². The molecule has 1 aromatic rings. The molecule has 0 N–H and O–H groups in total. The van der Waals surface area contributed by atoms with Gasteiger partial charge in [-0.25, -0.2) is 4.39 Å². The summed E-state index contributed by atoms with van der Waals surface area (Å²) in [4.78, 5) is 10.2. The Bertz CT molecular complexity index is 315. The molecule has 0 unspecified atom stereocenters. The SMILES string of the molecule is O=CCCc1cccc(OCF)c1Br. The van der Waals surface area contributed by atoms with Crippen LogP contribution in [-0.4, -0.2) is 13.1 Å². The van der Waals surface area contributed by atoms with Gasteiger partial charge in [-0.05, 0) is 34.0 Å². The molecule has 14 heavy (non-hydrogen) atoms. The van der Waals surface area contributed by atoms with E-state index >= 15 is 0 Å². The van der Waals surface area contributed by atoms with Crippen LogP contribution in [0.3, 0.4) is 0 Å². The number of halogens is 2. The van der Waals surface area contributed by atoms with Crippen LogP contribution in [0.2, 0.25) is 0 Å². The molecule has 0 saturated heterocycles. The molecule has 1 rings (SSSR count). The number of hydrogen-bond acceptors (Lipinski definition) is 2. The van der Waals surface area contributed by atoms with Crippen LogP contribution < -0.4 is 4.74 Å². The number of carbonyl (C=O) groups excluding carboxylic acids is 1. The Kier molecular flexibility index (Phi) is 4.59. The minimum absolute atomic E-state index is 0.456. The second-order valence-electron chi connectivity index (χ2n) is 2.69. The molecule has 4 heteroatoms. The number of aryl methyl sites for hydroxylation is 1. The minimum atomic E-state index is -0.851. The van der Waals surface area contributed by atoms with Crippen LogP contribution >= 0.6 is 15.9 Å². The third-order valence-electron chi connectivity index (χ3n) is 1.78. The smallest absolute Gasteiger partial charge is 0.228 e. The molecular weight excluding hydrogens is 251 g/mol. The maximum Gasteiger partial charge on any atom is 0.228 e. The molecular formula is C10H10BrFO2. The van der Waals surface area contributed by atoms with E-state index in [1.807, 2.05) is 6.07 Å². The van der Waals surface area contributed by atoms with Crippen LogP contribution in [0.25, 0.3) is 0 Å². The fourth-order valence-electron chi connectivity index (χ4n) is 1.13. The molecule has 0 bridgehead atoms.